The van der Waals surface area contributed by atoms with Gasteiger partial charge < -0.3 is 47.3 Å². The molecule has 224 valence electrons. The standard InChI is InChI=1S/C29H33N9O5/c1-27(2)10-11-43-21-17(8-5-9-18(21)27)24(40)35-20-14-38-26(32)34-19(22-28(38,29(20,41)42)37-25(31)36-22)13-33-23(39)16-7-4-3-6-15(16)12-30/h3-9,19-20,22,41-42H,10-11,13-14H2,1-2H3,(H2,32,34)(H,33,39)(H,35,40)(H3,31,36,37)/t19?,20?,22-,28?/m0/s1. The molecule has 0 aromatic heterocycles. The van der Waals surface area contributed by atoms with E-state index in [4.69, 9.17) is 16.2 Å². The molecule has 2 amide bonds. The number of hydrogen-bond acceptors (Lipinski definition) is 12. The number of rotatable bonds is 5. The summed E-state index contributed by atoms with van der Waals surface area (Å²) in [7, 11) is 0. The minimum atomic E-state index is -2.65. The van der Waals surface area contributed by atoms with Gasteiger partial charge in [0.2, 0.25) is 5.79 Å². The lowest BCUT2D eigenvalue weighted by Crippen LogP contribution is -2.78. The third kappa shape index (κ3) is 4.23. The summed E-state index contributed by atoms with van der Waals surface area (Å²) in [6.45, 7) is 4.38. The van der Waals surface area contributed by atoms with E-state index in [-0.39, 0.29) is 47.1 Å². The third-order valence-electron chi connectivity index (χ3n) is 8.83. The smallest absolute Gasteiger partial charge is 0.255 e. The molecule has 4 heterocycles. The number of nitrogens with zero attached hydrogens (tertiary/aromatic N) is 4. The zero-order valence-corrected chi connectivity index (χ0v) is 23.7. The van der Waals surface area contributed by atoms with Gasteiger partial charge in [0.1, 0.15) is 17.8 Å². The van der Waals surface area contributed by atoms with E-state index in [2.05, 4.69) is 39.8 Å². The molecule has 3 unspecified atom stereocenters. The van der Waals surface area contributed by atoms with Crippen molar-refractivity contribution in [3.63, 3.8) is 0 Å². The van der Waals surface area contributed by atoms with Crippen molar-refractivity contribution in [1.29, 1.82) is 5.26 Å². The fourth-order valence-electron chi connectivity index (χ4n) is 6.51. The van der Waals surface area contributed by atoms with Crippen molar-refractivity contribution >= 4 is 23.7 Å². The molecule has 14 nitrogen and oxygen atoms in total. The molecule has 0 aliphatic carbocycles. The van der Waals surface area contributed by atoms with E-state index < -0.39 is 41.4 Å². The number of fused-ring (bicyclic) bond motifs is 1. The van der Waals surface area contributed by atoms with Gasteiger partial charge in [-0.25, -0.2) is 9.98 Å². The lowest BCUT2D eigenvalue weighted by molar-refractivity contribution is -0.230. The van der Waals surface area contributed by atoms with E-state index in [0.717, 1.165) is 12.0 Å². The number of benzene rings is 2. The van der Waals surface area contributed by atoms with Crippen molar-refractivity contribution in [1.82, 2.24) is 20.9 Å². The van der Waals surface area contributed by atoms with Crippen LogP contribution in [0.2, 0.25) is 0 Å². The predicted octanol–water partition coefficient (Wildman–Crippen LogP) is -1.18. The average Bonchev–Trinajstić information content (AvgIpc) is 3.44. The number of carbonyl (C=O) groups is 2. The number of hydrogen-bond donors (Lipinski definition) is 7. The second-order valence-corrected chi connectivity index (χ2v) is 11.8. The third-order valence-corrected chi connectivity index (χ3v) is 8.83. The molecule has 14 heteroatoms. The molecule has 2 aromatic rings. The highest BCUT2D eigenvalue weighted by atomic mass is 16.5. The van der Waals surface area contributed by atoms with Gasteiger partial charge in [-0.05, 0) is 30.0 Å². The summed E-state index contributed by atoms with van der Waals surface area (Å²) in [5, 5.41) is 41.2. The van der Waals surface area contributed by atoms with Crippen molar-refractivity contribution in [3.8, 4) is 11.8 Å². The van der Waals surface area contributed by atoms with E-state index in [1.54, 1.807) is 24.3 Å². The van der Waals surface area contributed by atoms with E-state index in [9.17, 15) is 25.1 Å². The molecule has 0 radical (unpaired) electrons. The van der Waals surface area contributed by atoms with Crippen LogP contribution >= 0.6 is 0 Å². The number of aliphatic imine (C=N–C) groups is 2. The Labute approximate surface area is 247 Å². The van der Waals surface area contributed by atoms with Crippen LogP contribution in [0.1, 0.15) is 52.1 Å². The molecular weight excluding hydrogens is 554 g/mol. The highest BCUT2D eigenvalue weighted by molar-refractivity contribution is 5.98. The Bertz CT molecular complexity index is 1610. The predicted molar refractivity (Wildman–Crippen MR) is 155 cm³/mol. The van der Waals surface area contributed by atoms with Crippen LogP contribution in [0.4, 0.5) is 0 Å². The zero-order chi connectivity index (χ0) is 30.7. The fraction of sp³-hybridized carbons (Fsp3) is 0.414. The Hall–Kier alpha value is -4.87. The summed E-state index contributed by atoms with van der Waals surface area (Å²) in [5.41, 5.74) is 12.0. The molecule has 2 aromatic carbocycles. The average molecular weight is 588 g/mol. The van der Waals surface area contributed by atoms with Crippen molar-refractivity contribution < 1.29 is 24.5 Å². The maximum Gasteiger partial charge on any atom is 0.255 e. The number of para-hydroxylation sites is 1. The lowest BCUT2D eigenvalue weighted by atomic mass is 9.79. The molecule has 4 aliphatic heterocycles. The first-order valence-corrected chi connectivity index (χ1v) is 13.9. The van der Waals surface area contributed by atoms with E-state index in [1.807, 2.05) is 12.1 Å². The highest BCUT2D eigenvalue weighted by Crippen LogP contribution is 2.45. The second kappa shape index (κ2) is 9.85. The van der Waals surface area contributed by atoms with Crippen LogP contribution in [0.25, 0.3) is 0 Å². The Morgan fingerprint density at radius 2 is 1.88 bits per heavy atom. The van der Waals surface area contributed by atoms with Crippen LogP contribution in [0.3, 0.4) is 0 Å². The van der Waals surface area contributed by atoms with Gasteiger partial charge in [-0.3, -0.25) is 9.59 Å². The van der Waals surface area contributed by atoms with Gasteiger partial charge >= 0.3 is 0 Å². The molecule has 6 rings (SSSR count). The molecule has 43 heavy (non-hydrogen) atoms. The van der Waals surface area contributed by atoms with Gasteiger partial charge in [-0.15, -0.1) is 0 Å². The number of guanidine groups is 2. The second-order valence-electron chi connectivity index (χ2n) is 11.8. The molecule has 4 atom stereocenters. The molecule has 9 N–H and O–H groups in total. The summed E-state index contributed by atoms with van der Waals surface area (Å²) < 4.78 is 5.89. The first-order valence-electron chi connectivity index (χ1n) is 13.9. The van der Waals surface area contributed by atoms with E-state index in [1.165, 1.54) is 17.0 Å². The van der Waals surface area contributed by atoms with Crippen LogP contribution in [0.15, 0.2) is 52.4 Å². The molecular formula is C29H33N9O5. The number of nitrogens with one attached hydrogen (secondary N) is 3. The van der Waals surface area contributed by atoms with Crippen molar-refractivity contribution in [2.24, 2.45) is 21.5 Å². The number of nitrogens with two attached hydrogens (primary N) is 2. The summed E-state index contributed by atoms with van der Waals surface area (Å²) >= 11 is 0. The maximum absolute atomic E-state index is 13.6. The summed E-state index contributed by atoms with van der Waals surface area (Å²) in [6, 6.07) is 10.5. The number of ether oxygens (including phenoxy) is 1. The van der Waals surface area contributed by atoms with Crippen LogP contribution in [0.5, 0.6) is 5.75 Å². The minimum Gasteiger partial charge on any atom is -0.492 e. The van der Waals surface area contributed by atoms with Gasteiger partial charge in [0.25, 0.3) is 11.8 Å². The van der Waals surface area contributed by atoms with Crippen LogP contribution < -0.4 is 32.2 Å². The number of aliphatic hydroxyl groups is 2. The van der Waals surface area contributed by atoms with Gasteiger partial charge in [0, 0.05) is 18.7 Å². The zero-order valence-electron chi connectivity index (χ0n) is 23.7. The summed E-state index contributed by atoms with van der Waals surface area (Å²) in [5.74, 6) is -3.40. The number of carbonyl (C=O) groups excluding carboxylic acids is 2. The number of nitriles is 1. The maximum atomic E-state index is 13.6. The van der Waals surface area contributed by atoms with Gasteiger partial charge in [0.05, 0.1) is 35.4 Å². The quantitative estimate of drug-likeness (QED) is 0.207. The Morgan fingerprint density at radius 1 is 1.14 bits per heavy atom. The molecule has 1 fully saturated rings. The molecule has 4 aliphatic rings. The first-order chi connectivity index (χ1) is 20.4. The number of amides is 2. The SMILES string of the molecule is CC1(C)CCOc2c(C(=O)NC3CN4C(N)=NC(CNC(=O)c5ccccc5C#N)[C@@H]5N=C(N)NC54C3(O)O)cccc21. The van der Waals surface area contributed by atoms with Crippen LogP contribution in [0, 0.1) is 11.3 Å². The molecule has 0 saturated carbocycles. The largest absolute Gasteiger partial charge is 0.492 e. The van der Waals surface area contributed by atoms with Crippen LogP contribution in [-0.4, -0.2) is 88.1 Å². The fourth-order valence-corrected chi connectivity index (χ4v) is 6.51. The summed E-state index contributed by atoms with van der Waals surface area (Å²) in [4.78, 5) is 36.9. The minimum absolute atomic E-state index is 0.0586. The van der Waals surface area contributed by atoms with Crippen molar-refractivity contribution in [3.05, 3.63) is 64.7 Å². The Balaban J connectivity index is 1.27. The molecule has 1 saturated heterocycles. The van der Waals surface area contributed by atoms with Gasteiger partial charge in [-0.1, -0.05) is 38.1 Å². The van der Waals surface area contributed by atoms with Crippen LogP contribution in [-0.2, 0) is 5.41 Å². The Kier molecular flexibility index (Phi) is 6.48. The van der Waals surface area contributed by atoms with Gasteiger partial charge in [0.15, 0.2) is 17.6 Å². The monoisotopic (exact) mass is 587 g/mol. The normalized spacial score (nSPS) is 27.6. The van der Waals surface area contributed by atoms with Gasteiger partial charge in [-0.2, -0.15) is 5.26 Å². The Morgan fingerprint density at radius 3 is 2.65 bits per heavy atom. The van der Waals surface area contributed by atoms with E-state index in [0.29, 0.717) is 12.4 Å². The van der Waals surface area contributed by atoms with Crippen molar-refractivity contribution in [2.75, 3.05) is 19.7 Å². The summed E-state index contributed by atoms with van der Waals surface area (Å²) in [6.07, 6.45) is 0.793. The first kappa shape index (κ1) is 28.3. The topological polar surface area (TPSA) is 224 Å². The molecule has 1 spiro atoms. The van der Waals surface area contributed by atoms with Crippen molar-refractivity contribution in [2.45, 2.75) is 55.3 Å². The van der Waals surface area contributed by atoms with E-state index >= 15 is 0 Å². The highest BCUT2D eigenvalue weighted by Gasteiger charge is 2.73. The lowest BCUT2D eigenvalue weighted by Gasteiger charge is -2.49. The molecule has 0 bridgehead atoms.